The first kappa shape index (κ1) is 13.1. The number of hydrogen-bond donors (Lipinski definition) is 2. The van der Waals surface area contributed by atoms with Gasteiger partial charge in [-0.1, -0.05) is 0 Å². The summed E-state index contributed by atoms with van der Waals surface area (Å²) >= 11 is 0. The number of anilines is 1. The van der Waals surface area contributed by atoms with Crippen LogP contribution in [-0.4, -0.2) is 29.0 Å². The summed E-state index contributed by atoms with van der Waals surface area (Å²) in [4.78, 5) is 19.9. The second-order valence-corrected chi connectivity index (χ2v) is 3.90. The van der Waals surface area contributed by atoms with Crippen molar-refractivity contribution in [1.82, 2.24) is 15.3 Å². The molecule has 0 radical (unpaired) electrons. The smallest absolute Gasteiger partial charge is 0.271 e. The van der Waals surface area contributed by atoms with Crippen LogP contribution in [0.5, 0.6) is 0 Å². The minimum atomic E-state index is -0.234. The second-order valence-electron chi connectivity index (χ2n) is 3.90. The van der Waals surface area contributed by atoms with E-state index in [9.17, 15) is 4.79 Å². The van der Waals surface area contributed by atoms with Crippen molar-refractivity contribution in [1.29, 1.82) is 0 Å². The van der Waals surface area contributed by atoms with Crippen molar-refractivity contribution in [2.45, 2.75) is 13.3 Å². The van der Waals surface area contributed by atoms with Gasteiger partial charge in [0.15, 0.2) is 0 Å². The van der Waals surface area contributed by atoms with Gasteiger partial charge in [-0.15, -0.1) is 0 Å². The Hall–Kier alpha value is -2.37. The van der Waals surface area contributed by atoms with Crippen LogP contribution in [0.15, 0.2) is 35.2 Å². The molecule has 0 aliphatic carbocycles. The summed E-state index contributed by atoms with van der Waals surface area (Å²) in [6, 6.07) is 3.69. The van der Waals surface area contributed by atoms with Crippen molar-refractivity contribution in [2.75, 3.05) is 18.4 Å². The van der Waals surface area contributed by atoms with Gasteiger partial charge in [0, 0.05) is 19.5 Å². The molecule has 0 saturated heterocycles. The first-order valence-electron chi connectivity index (χ1n) is 6.16. The van der Waals surface area contributed by atoms with Crippen molar-refractivity contribution < 1.29 is 9.21 Å². The molecule has 1 amide bonds. The third-order valence-corrected chi connectivity index (χ3v) is 2.48. The van der Waals surface area contributed by atoms with Crippen LogP contribution in [0.2, 0.25) is 0 Å². The molecule has 0 unspecified atom stereocenters. The molecule has 0 atom stereocenters. The summed E-state index contributed by atoms with van der Waals surface area (Å²) in [6.45, 7) is 3.24. The Morgan fingerprint density at radius 1 is 1.37 bits per heavy atom. The lowest BCUT2D eigenvalue weighted by Crippen LogP contribution is -2.26. The molecule has 100 valence electrons. The van der Waals surface area contributed by atoms with Crippen LogP contribution < -0.4 is 10.6 Å². The highest BCUT2D eigenvalue weighted by Crippen LogP contribution is 2.02. The third-order valence-electron chi connectivity index (χ3n) is 2.48. The van der Waals surface area contributed by atoms with Crippen LogP contribution in [0.25, 0.3) is 0 Å². The standard InChI is InChI=1S/C13H16N4O2/c1-2-14-12-9-16-11(8-17-12)13(18)15-6-5-10-4-3-7-19-10/h3-4,7-9H,2,5-6H2,1H3,(H,14,17)(H,15,18). The molecule has 19 heavy (non-hydrogen) atoms. The second kappa shape index (κ2) is 6.53. The van der Waals surface area contributed by atoms with Crippen molar-refractivity contribution in [3.05, 3.63) is 42.2 Å². The van der Waals surface area contributed by atoms with Crippen molar-refractivity contribution in [3.8, 4) is 0 Å². The number of carbonyl (C=O) groups is 1. The van der Waals surface area contributed by atoms with Gasteiger partial charge in [-0.3, -0.25) is 4.79 Å². The minimum absolute atomic E-state index is 0.234. The zero-order chi connectivity index (χ0) is 13.5. The van der Waals surface area contributed by atoms with Gasteiger partial charge in [0.1, 0.15) is 17.3 Å². The molecule has 6 nitrogen and oxygen atoms in total. The topological polar surface area (TPSA) is 80.0 Å². The molecule has 0 aromatic carbocycles. The van der Waals surface area contributed by atoms with E-state index in [1.54, 1.807) is 12.5 Å². The van der Waals surface area contributed by atoms with Gasteiger partial charge in [-0.05, 0) is 19.1 Å². The van der Waals surface area contributed by atoms with Gasteiger partial charge in [-0.2, -0.15) is 0 Å². The number of rotatable bonds is 6. The van der Waals surface area contributed by atoms with E-state index in [-0.39, 0.29) is 5.91 Å². The summed E-state index contributed by atoms with van der Waals surface area (Å²) in [5.41, 5.74) is 0.307. The molecule has 0 fully saturated rings. The fraction of sp³-hybridized carbons (Fsp3) is 0.308. The molecule has 2 N–H and O–H groups in total. The van der Waals surface area contributed by atoms with E-state index in [2.05, 4.69) is 20.6 Å². The molecule has 0 aliphatic rings. The minimum Gasteiger partial charge on any atom is -0.469 e. The van der Waals surface area contributed by atoms with Crippen molar-refractivity contribution in [2.24, 2.45) is 0 Å². The lowest BCUT2D eigenvalue weighted by atomic mass is 10.3. The van der Waals surface area contributed by atoms with Gasteiger partial charge in [0.25, 0.3) is 5.91 Å². The van der Waals surface area contributed by atoms with Gasteiger partial charge < -0.3 is 15.1 Å². The highest BCUT2D eigenvalue weighted by molar-refractivity contribution is 5.91. The van der Waals surface area contributed by atoms with Gasteiger partial charge in [-0.25, -0.2) is 9.97 Å². The third kappa shape index (κ3) is 3.80. The number of carbonyl (C=O) groups excluding carboxylic acids is 1. The number of aromatic nitrogens is 2. The first-order valence-corrected chi connectivity index (χ1v) is 6.16. The Balaban J connectivity index is 1.82. The predicted molar refractivity (Wildman–Crippen MR) is 70.9 cm³/mol. The van der Waals surface area contributed by atoms with E-state index in [0.29, 0.717) is 24.5 Å². The number of hydrogen-bond acceptors (Lipinski definition) is 5. The SMILES string of the molecule is CCNc1cnc(C(=O)NCCc2ccco2)cn1. The number of amides is 1. The summed E-state index contributed by atoms with van der Waals surface area (Å²) in [5, 5.41) is 5.78. The van der Waals surface area contributed by atoms with E-state index < -0.39 is 0 Å². The van der Waals surface area contributed by atoms with E-state index >= 15 is 0 Å². The van der Waals surface area contributed by atoms with Crippen LogP contribution >= 0.6 is 0 Å². The van der Waals surface area contributed by atoms with Gasteiger partial charge in [0.2, 0.25) is 0 Å². The Morgan fingerprint density at radius 2 is 2.26 bits per heavy atom. The summed E-state index contributed by atoms with van der Waals surface area (Å²) in [6.07, 6.45) is 5.27. The lowest BCUT2D eigenvalue weighted by Gasteiger charge is -2.04. The Kier molecular flexibility index (Phi) is 4.49. The fourth-order valence-corrected chi connectivity index (χ4v) is 1.56. The summed E-state index contributed by atoms with van der Waals surface area (Å²) < 4.78 is 5.18. The van der Waals surface area contributed by atoms with Gasteiger partial charge >= 0.3 is 0 Å². The molecule has 2 rings (SSSR count). The van der Waals surface area contributed by atoms with Crippen molar-refractivity contribution >= 4 is 11.7 Å². The number of furan rings is 1. The highest BCUT2D eigenvalue weighted by Gasteiger charge is 2.07. The molecule has 0 spiro atoms. The fourth-order valence-electron chi connectivity index (χ4n) is 1.56. The maximum atomic E-state index is 11.8. The normalized spacial score (nSPS) is 10.2. The van der Waals surface area contributed by atoms with E-state index in [0.717, 1.165) is 12.3 Å². The quantitative estimate of drug-likeness (QED) is 0.822. The lowest BCUT2D eigenvalue weighted by molar-refractivity contribution is 0.0948. The summed E-state index contributed by atoms with van der Waals surface area (Å²) in [7, 11) is 0. The number of nitrogens with one attached hydrogen (secondary N) is 2. The average Bonchev–Trinajstić information content (AvgIpc) is 2.93. The maximum Gasteiger partial charge on any atom is 0.271 e. The van der Waals surface area contributed by atoms with Crippen LogP contribution in [0, 0.1) is 0 Å². The summed E-state index contributed by atoms with van der Waals surface area (Å²) in [5.74, 6) is 1.27. The molecule has 0 saturated carbocycles. The van der Waals surface area contributed by atoms with Crippen LogP contribution in [-0.2, 0) is 6.42 Å². The molecule has 2 aromatic rings. The molecular weight excluding hydrogens is 244 g/mol. The number of nitrogens with zero attached hydrogens (tertiary/aromatic N) is 2. The van der Waals surface area contributed by atoms with E-state index in [1.807, 2.05) is 19.1 Å². The Morgan fingerprint density at radius 3 is 2.89 bits per heavy atom. The highest BCUT2D eigenvalue weighted by atomic mass is 16.3. The molecule has 2 heterocycles. The van der Waals surface area contributed by atoms with E-state index in [1.165, 1.54) is 6.20 Å². The Bertz CT molecular complexity index is 508. The first-order chi connectivity index (χ1) is 9.29. The molecule has 6 heteroatoms. The Labute approximate surface area is 111 Å². The zero-order valence-electron chi connectivity index (χ0n) is 10.7. The van der Waals surface area contributed by atoms with Crippen LogP contribution in [0.3, 0.4) is 0 Å². The molecular formula is C13H16N4O2. The predicted octanol–water partition coefficient (Wildman–Crippen LogP) is 1.47. The van der Waals surface area contributed by atoms with Gasteiger partial charge in [0.05, 0.1) is 18.7 Å². The van der Waals surface area contributed by atoms with Crippen molar-refractivity contribution in [3.63, 3.8) is 0 Å². The molecule has 0 bridgehead atoms. The molecule has 2 aromatic heterocycles. The maximum absolute atomic E-state index is 11.8. The molecule has 0 aliphatic heterocycles. The van der Waals surface area contributed by atoms with Crippen LogP contribution in [0.4, 0.5) is 5.82 Å². The van der Waals surface area contributed by atoms with E-state index in [4.69, 9.17) is 4.42 Å². The average molecular weight is 260 g/mol. The largest absolute Gasteiger partial charge is 0.469 e. The zero-order valence-corrected chi connectivity index (χ0v) is 10.7. The monoisotopic (exact) mass is 260 g/mol. The van der Waals surface area contributed by atoms with Crippen LogP contribution in [0.1, 0.15) is 23.2 Å².